The Morgan fingerprint density at radius 3 is 2.71 bits per heavy atom. The van der Waals surface area contributed by atoms with Gasteiger partial charge in [-0.1, -0.05) is 26.0 Å². The van der Waals surface area contributed by atoms with Crippen molar-refractivity contribution in [2.75, 3.05) is 12.4 Å². The van der Waals surface area contributed by atoms with Crippen molar-refractivity contribution in [2.45, 2.75) is 32.4 Å². The molecule has 1 atom stereocenters. The van der Waals surface area contributed by atoms with Gasteiger partial charge in [0.1, 0.15) is 5.75 Å². The van der Waals surface area contributed by atoms with Crippen LogP contribution in [0.3, 0.4) is 0 Å². The van der Waals surface area contributed by atoms with Crippen molar-refractivity contribution >= 4 is 17.5 Å². The highest BCUT2D eigenvalue weighted by Gasteiger charge is 2.12. The number of rotatable bonds is 7. The fourth-order valence-electron chi connectivity index (χ4n) is 1.39. The maximum atomic E-state index is 12.1. The summed E-state index contributed by atoms with van der Waals surface area (Å²) in [6.45, 7) is 6.79. The summed E-state index contributed by atoms with van der Waals surface area (Å²) < 4.78 is 5.46. The Morgan fingerprint density at radius 1 is 1.35 bits per heavy atom. The Labute approximate surface area is 108 Å². The maximum absolute atomic E-state index is 12.1. The van der Waals surface area contributed by atoms with E-state index in [4.69, 9.17) is 4.74 Å². The Hall–Kier alpha value is -0.960. The third kappa shape index (κ3) is 4.43. The molecular formula is C14H20O2S. The van der Waals surface area contributed by atoms with Crippen LogP contribution in [-0.4, -0.2) is 23.4 Å². The van der Waals surface area contributed by atoms with E-state index >= 15 is 0 Å². The zero-order valence-corrected chi connectivity index (χ0v) is 11.5. The smallest absolute Gasteiger partial charge is 0.176 e. The number of ketones is 1. The molecule has 0 amide bonds. The SMILES string of the molecule is CCOc1ccccc1C(=O)CSC(C)CC. The minimum atomic E-state index is 0.152. The van der Waals surface area contributed by atoms with Gasteiger partial charge < -0.3 is 4.74 Å². The molecular weight excluding hydrogens is 232 g/mol. The van der Waals surface area contributed by atoms with E-state index in [9.17, 15) is 4.79 Å². The lowest BCUT2D eigenvalue weighted by Gasteiger charge is -2.10. The van der Waals surface area contributed by atoms with Crippen LogP contribution in [0.25, 0.3) is 0 Å². The lowest BCUT2D eigenvalue weighted by Crippen LogP contribution is -2.08. The molecule has 0 bridgehead atoms. The fourth-order valence-corrected chi connectivity index (χ4v) is 2.22. The number of ether oxygens (including phenoxy) is 1. The van der Waals surface area contributed by atoms with Gasteiger partial charge in [-0.25, -0.2) is 0 Å². The molecule has 94 valence electrons. The van der Waals surface area contributed by atoms with Crippen LogP contribution in [0.1, 0.15) is 37.6 Å². The average molecular weight is 252 g/mol. The van der Waals surface area contributed by atoms with Crippen LogP contribution < -0.4 is 4.74 Å². The average Bonchev–Trinajstić information content (AvgIpc) is 2.36. The first-order chi connectivity index (χ1) is 8.19. The summed E-state index contributed by atoms with van der Waals surface area (Å²) in [6.07, 6.45) is 1.09. The number of carbonyl (C=O) groups is 1. The first-order valence-corrected chi connectivity index (χ1v) is 7.10. The van der Waals surface area contributed by atoms with Crippen LogP contribution in [0, 0.1) is 0 Å². The maximum Gasteiger partial charge on any atom is 0.176 e. The van der Waals surface area contributed by atoms with E-state index in [1.165, 1.54) is 0 Å². The van der Waals surface area contributed by atoms with E-state index in [2.05, 4.69) is 13.8 Å². The van der Waals surface area contributed by atoms with Crippen molar-refractivity contribution in [3.05, 3.63) is 29.8 Å². The van der Waals surface area contributed by atoms with Crippen LogP contribution in [0.5, 0.6) is 5.75 Å². The molecule has 0 saturated heterocycles. The summed E-state index contributed by atoms with van der Waals surface area (Å²) in [5.41, 5.74) is 0.699. The minimum absolute atomic E-state index is 0.152. The molecule has 0 aliphatic carbocycles. The summed E-state index contributed by atoms with van der Waals surface area (Å²) >= 11 is 1.70. The largest absolute Gasteiger partial charge is 0.493 e. The molecule has 0 aliphatic rings. The van der Waals surface area contributed by atoms with Gasteiger partial charge >= 0.3 is 0 Å². The van der Waals surface area contributed by atoms with Crippen molar-refractivity contribution in [3.8, 4) is 5.75 Å². The predicted molar refractivity (Wildman–Crippen MR) is 74.2 cm³/mol. The van der Waals surface area contributed by atoms with Crippen molar-refractivity contribution < 1.29 is 9.53 Å². The molecule has 0 N–H and O–H groups in total. The lowest BCUT2D eigenvalue weighted by molar-refractivity contribution is 0.101. The van der Waals surface area contributed by atoms with E-state index in [0.717, 1.165) is 6.42 Å². The highest BCUT2D eigenvalue weighted by molar-refractivity contribution is 8.00. The molecule has 0 aromatic heterocycles. The summed E-state index contributed by atoms with van der Waals surface area (Å²) in [4.78, 5) is 12.1. The monoisotopic (exact) mass is 252 g/mol. The van der Waals surface area contributed by atoms with Gasteiger partial charge in [-0.3, -0.25) is 4.79 Å². The number of thioether (sulfide) groups is 1. The van der Waals surface area contributed by atoms with Crippen LogP contribution in [0.4, 0.5) is 0 Å². The Kier molecular flexibility index (Phi) is 6.12. The highest BCUT2D eigenvalue weighted by atomic mass is 32.2. The van der Waals surface area contributed by atoms with Crippen molar-refractivity contribution in [3.63, 3.8) is 0 Å². The molecule has 1 aromatic rings. The van der Waals surface area contributed by atoms with Gasteiger partial charge in [0.15, 0.2) is 5.78 Å². The quantitative estimate of drug-likeness (QED) is 0.690. The van der Waals surface area contributed by atoms with Gasteiger partial charge in [0.05, 0.1) is 17.9 Å². The summed E-state index contributed by atoms with van der Waals surface area (Å²) in [6, 6.07) is 7.46. The topological polar surface area (TPSA) is 26.3 Å². The molecule has 0 saturated carbocycles. The van der Waals surface area contributed by atoms with Crippen LogP contribution in [0.15, 0.2) is 24.3 Å². The number of Topliss-reactive ketones (excluding diaryl/α,β-unsaturated/α-hetero) is 1. The van der Waals surface area contributed by atoms with Gasteiger partial charge in [0.2, 0.25) is 0 Å². The van der Waals surface area contributed by atoms with Gasteiger partial charge in [0.25, 0.3) is 0 Å². The second-order valence-electron chi connectivity index (χ2n) is 3.88. The number of para-hydroxylation sites is 1. The van der Waals surface area contributed by atoms with Gasteiger partial charge in [0, 0.05) is 5.25 Å². The van der Waals surface area contributed by atoms with E-state index in [-0.39, 0.29) is 5.78 Å². The first kappa shape index (κ1) is 14.1. The van der Waals surface area contributed by atoms with Crippen LogP contribution >= 0.6 is 11.8 Å². The first-order valence-electron chi connectivity index (χ1n) is 6.05. The fraction of sp³-hybridized carbons (Fsp3) is 0.500. The van der Waals surface area contributed by atoms with Gasteiger partial charge in [-0.05, 0) is 25.5 Å². The molecule has 0 fully saturated rings. The van der Waals surface area contributed by atoms with E-state index in [1.54, 1.807) is 11.8 Å². The molecule has 2 nitrogen and oxygen atoms in total. The molecule has 1 rings (SSSR count). The number of benzene rings is 1. The zero-order chi connectivity index (χ0) is 12.7. The Bertz CT molecular complexity index is 363. The molecule has 17 heavy (non-hydrogen) atoms. The van der Waals surface area contributed by atoms with Crippen molar-refractivity contribution in [2.24, 2.45) is 0 Å². The van der Waals surface area contributed by atoms with E-state index in [1.807, 2.05) is 31.2 Å². The van der Waals surface area contributed by atoms with Crippen LogP contribution in [0.2, 0.25) is 0 Å². The van der Waals surface area contributed by atoms with Crippen molar-refractivity contribution in [1.82, 2.24) is 0 Å². The second kappa shape index (κ2) is 7.38. The third-order valence-electron chi connectivity index (χ3n) is 2.56. The van der Waals surface area contributed by atoms with Crippen molar-refractivity contribution in [1.29, 1.82) is 0 Å². The number of hydrogen-bond acceptors (Lipinski definition) is 3. The Balaban J connectivity index is 2.67. The lowest BCUT2D eigenvalue weighted by atomic mass is 10.1. The Morgan fingerprint density at radius 2 is 2.06 bits per heavy atom. The summed E-state index contributed by atoms with van der Waals surface area (Å²) in [5.74, 6) is 1.38. The molecule has 0 spiro atoms. The van der Waals surface area contributed by atoms with Gasteiger partial charge in [-0.15, -0.1) is 0 Å². The third-order valence-corrected chi connectivity index (χ3v) is 3.89. The second-order valence-corrected chi connectivity index (χ2v) is 5.31. The molecule has 0 radical (unpaired) electrons. The summed E-state index contributed by atoms with van der Waals surface area (Å²) in [7, 11) is 0. The molecule has 3 heteroatoms. The highest BCUT2D eigenvalue weighted by Crippen LogP contribution is 2.22. The standard InChI is InChI=1S/C14H20O2S/c1-4-11(3)17-10-13(15)12-8-6-7-9-14(12)16-5-2/h6-9,11H,4-5,10H2,1-3H3. The molecule has 1 unspecified atom stereocenters. The normalized spacial score (nSPS) is 12.2. The van der Waals surface area contributed by atoms with Crippen LogP contribution in [-0.2, 0) is 0 Å². The molecule has 0 heterocycles. The zero-order valence-electron chi connectivity index (χ0n) is 10.7. The predicted octanol–water partition coefficient (Wildman–Crippen LogP) is 3.80. The molecule has 0 aliphatic heterocycles. The van der Waals surface area contributed by atoms with E-state index in [0.29, 0.717) is 28.9 Å². The van der Waals surface area contributed by atoms with Gasteiger partial charge in [-0.2, -0.15) is 11.8 Å². The summed E-state index contributed by atoms with van der Waals surface area (Å²) in [5, 5.41) is 0.526. The number of carbonyl (C=O) groups excluding carboxylic acids is 1. The molecule has 1 aromatic carbocycles. The minimum Gasteiger partial charge on any atom is -0.493 e. The number of hydrogen-bond donors (Lipinski definition) is 0. The van der Waals surface area contributed by atoms with E-state index < -0.39 is 0 Å².